The van der Waals surface area contributed by atoms with E-state index in [-0.39, 0.29) is 25.2 Å². The molecule has 1 unspecified atom stereocenters. The van der Waals surface area contributed by atoms with Crippen molar-refractivity contribution in [1.82, 2.24) is 10.2 Å². The highest BCUT2D eigenvalue weighted by molar-refractivity contribution is 5.81. The number of nitrogens with zero attached hydrogens (tertiary/aromatic N) is 1. The number of hydrogen-bond acceptors (Lipinski definition) is 4. The van der Waals surface area contributed by atoms with Crippen LogP contribution in [-0.4, -0.2) is 53.7 Å². The largest absolute Gasteiger partial charge is 0.481 e. The zero-order valence-corrected chi connectivity index (χ0v) is 13.2. The molecule has 0 saturated carbocycles. The first-order chi connectivity index (χ1) is 9.79. The monoisotopic (exact) mass is 302 g/mol. The molecule has 0 aliphatic heterocycles. The molecule has 0 saturated heterocycles. The molecule has 122 valence electrons. The molecule has 7 heteroatoms. The molecule has 0 radical (unpaired) electrons. The Hall–Kier alpha value is -1.79. The summed E-state index contributed by atoms with van der Waals surface area (Å²) in [7, 11) is 0. The Balaban J connectivity index is 4.19. The fraction of sp³-hybridized carbons (Fsp3) is 0.786. The summed E-state index contributed by atoms with van der Waals surface area (Å²) in [6.45, 7) is 7.52. The maximum atomic E-state index is 12.0. The second kappa shape index (κ2) is 10.0. The van der Waals surface area contributed by atoms with Gasteiger partial charge in [-0.3, -0.25) is 9.59 Å². The van der Waals surface area contributed by atoms with Gasteiger partial charge in [-0.2, -0.15) is 0 Å². The van der Waals surface area contributed by atoms with Crippen LogP contribution in [0.15, 0.2) is 0 Å². The molecule has 1 atom stereocenters. The third kappa shape index (κ3) is 8.16. The van der Waals surface area contributed by atoms with Crippen LogP contribution in [0.4, 0.5) is 4.79 Å². The zero-order valence-electron chi connectivity index (χ0n) is 13.2. The summed E-state index contributed by atoms with van der Waals surface area (Å²) in [5.74, 6) is -1.71. The average molecular weight is 302 g/mol. The Morgan fingerprint density at radius 1 is 1.24 bits per heavy atom. The van der Waals surface area contributed by atoms with Gasteiger partial charge in [0.1, 0.15) is 6.54 Å². The van der Waals surface area contributed by atoms with E-state index in [0.29, 0.717) is 19.4 Å². The maximum absolute atomic E-state index is 12.0. The van der Waals surface area contributed by atoms with E-state index < -0.39 is 17.9 Å². The number of carbonyl (C=O) groups is 3. The lowest BCUT2D eigenvalue weighted by Crippen LogP contribution is -2.47. The van der Waals surface area contributed by atoms with Gasteiger partial charge in [-0.05, 0) is 33.6 Å². The van der Waals surface area contributed by atoms with E-state index in [0.717, 1.165) is 0 Å². The molecule has 0 aromatic rings. The predicted molar refractivity (Wildman–Crippen MR) is 77.9 cm³/mol. The molecule has 0 spiro atoms. The van der Waals surface area contributed by atoms with Crippen molar-refractivity contribution in [2.75, 3.05) is 19.7 Å². The Labute approximate surface area is 125 Å². The summed E-state index contributed by atoms with van der Waals surface area (Å²) in [4.78, 5) is 35.5. The van der Waals surface area contributed by atoms with Gasteiger partial charge in [-0.25, -0.2) is 4.79 Å². The molecule has 2 N–H and O–H groups in total. The SMILES string of the molecule is CCOC(=O)CN(C(=O)NCCCC(C)C(=O)O)C(C)C. The third-order valence-electron chi connectivity index (χ3n) is 3.00. The number of aliphatic carboxylic acids is 1. The lowest BCUT2D eigenvalue weighted by Gasteiger charge is -2.26. The van der Waals surface area contributed by atoms with E-state index in [9.17, 15) is 14.4 Å². The minimum absolute atomic E-state index is 0.0944. The Morgan fingerprint density at radius 3 is 2.33 bits per heavy atom. The van der Waals surface area contributed by atoms with Crippen molar-refractivity contribution in [2.45, 2.75) is 46.6 Å². The fourth-order valence-corrected chi connectivity index (χ4v) is 1.66. The van der Waals surface area contributed by atoms with Gasteiger partial charge >= 0.3 is 18.0 Å². The standard InChI is InChI=1S/C14H26N2O5/c1-5-21-12(17)9-16(10(2)3)14(20)15-8-6-7-11(4)13(18)19/h10-11H,5-9H2,1-4H3,(H,15,20)(H,18,19). The Morgan fingerprint density at radius 2 is 1.86 bits per heavy atom. The molecular formula is C14H26N2O5. The van der Waals surface area contributed by atoms with Crippen molar-refractivity contribution < 1.29 is 24.2 Å². The first kappa shape index (κ1) is 19.2. The van der Waals surface area contributed by atoms with E-state index >= 15 is 0 Å². The van der Waals surface area contributed by atoms with Crippen molar-refractivity contribution in [3.63, 3.8) is 0 Å². The second-order valence-corrected chi connectivity index (χ2v) is 5.14. The molecule has 0 aromatic heterocycles. The van der Waals surface area contributed by atoms with Crippen LogP contribution >= 0.6 is 0 Å². The summed E-state index contributed by atoms with van der Waals surface area (Å²) >= 11 is 0. The van der Waals surface area contributed by atoms with Crippen molar-refractivity contribution in [2.24, 2.45) is 5.92 Å². The molecule has 2 amide bonds. The fourth-order valence-electron chi connectivity index (χ4n) is 1.66. The quantitative estimate of drug-likeness (QED) is 0.496. The van der Waals surface area contributed by atoms with Gasteiger partial charge in [0.05, 0.1) is 12.5 Å². The van der Waals surface area contributed by atoms with Crippen LogP contribution in [0.5, 0.6) is 0 Å². The first-order valence-corrected chi connectivity index (χ1v) is 7.22. The highest BCUT2D eigenvalue weighted by Crippen LogP contribution is 2.05. The number of hydrogen-bond donors (Lipinski definition) is 2. The number of carboxylic acid groups (broad SMARTS) is 1. The topological polar surface area (TPSA) is 95.9 Å². The van der Waals surface area contributed by atoms with Crippen LogP contribution in [0.3, 0.4) is 0 Å². The Kier molecular flexibility index (Phi) is 9.16. The van der Waals surface area contributed by atoms with Gasteiger partial charge in [0.15, 0.2) is 0 Å². The van der Waals surface area contributed by atoms with E-state index in [1.165, 1.54) is 4.90 Å². The van der Waals surface area contributed by atoms with E-state index in [2.05, 4.69) is 5.32 Å². The summed E-state index contributed by atoms with van der Waals surface area (Å²) in [5, 5.41) is 11.4. The third-order valence-corrected chi connectivity index (χ3v) is 3.00. The number of ether oxygens (including phenoxy) is 1. The smallest absolute Gasteiger partial charge is 0.325 e. The predicted octanol–water partition coefficient (Wildman–Crippen LogP) is 1.47. The number of carbonyl (C=O) groups excluding carboxylic acids is 2. The minimum atomic E-state index is -0.840. The van der Waals surface area contributed by atoms with Gasteiger partial charge in [0.25, 0.3) is 0 Å². The van der Waals surface area contributed by atoms with Crippen LogP contribution in [0.1, 0.15) is 40.5 Å². The number of esters is 1. The molecule has 0 aliphatic carbocycles. The number of nitrogens with one attached hydrogen (secondary N) is 1. The van der Waals surface area contributed by atoms with E-state index in [1.54, 1.807) is 13.8 Å². The lowest BCUT2D eigenvalue weighted by molar-refractivity contribution is -0.144. The lowest BCUT2D eigenvalue weighted by atomic mass is 10.1. The minimum Gasteiger partial charge on any atom is -0.481 e. The van der Waals surface area contributed by atoms with Gasteiger partial charge < -0.3 is 20.1 Å². The van der Waals surface area contributed by atoms with Crippen LogP contribution in [-0.2, 0) is 14.3 Å². The summed E-state index contributed by atoms with van der Waals surface area (Å²) in [5.41, 5.74) is 0. The molecule has 0 fully saturated rings. The molecule has 0 rings (SSSR count). The normalized spacial score (nSPS) is 11.9. The van der Waals surface area contributed by atoms with E-state index in [4.69, 9.17) is 9.84 Å². The number of rotatable bonds is 9. The Bertz CT molecular complexity index is 357. The number of urea groups is 1. The molecule has 7 nitrogen and oxygen atoms in total. The van der Waals surface area contributed by atoms with Gasteiger partial charge in [0, 0.05) is 12.6 Å². The summed E-state index contributed by atoms with van der Waals surface area (Å²) < 4.78 is 4.83. The molecule has 21 heavy (non-hydrogen) atoms. The average Bonchev–Trinajstić information content (AvgIpc) is 2.40. The van der Waals surface area contributed by atoms with E-state index in [1.807, 2.05) is 13.8 Å². The van der Waals surface area contributed by atoms with Crippen molar-refractivity contribution in [1.29, 1.82) is 0 Å². The summed E-state index contributed by atoms with van der Waals surface area (Å²) in [6, 6.07) is -0.478. The highest BCUT2D eigenvalue weighted by atomic mass is 16.5. The molecule has 0 heterocycles. The van der Waals surface area contributed by atoms with Crippen molar-refractivity contribution >= 4 is 18.0 Å². The van der Waals surface area contributed by atoms with Crippen molar-refractivity contribution in [3.05, 3.63) is 0 Å². The van der Waals surface area contributed by atoms with Gasteiger partial charge in [0.2, 0.25) is 0 Å². The maximum Gasteiger partial charge on any atom is 0.325 e. The molecule has 0 bridgehead atoms. The number of amides is 2. The van der Waals surface area contributed by atoms with Crippen molar-refractivity contribution in [3.8, 4) is 0 Å². The first-order valence-electron chi connectivity index (χ1n) is 7.22. The van der Waals surface area contributed by atoms with Gasteiger partial charge in [-0.15, -0.1) is 0 Å². The highest BCUT2D eigenvalue weighted by Gasteiger charge is 2.20. The molecular weight excluding hydrogens is 276 g/mol. The molecule has 0 aromatic carbocycles. The van der Waals surface area contributed by atoms with Crippen LogP contribution in [0, 0.1) is 5.92 Å². The molecule has 0 aliphatic rings. The zero-order chi connectivity index (χ0) is 16.4. The summed E-state index contributed by atoms with van der Waals surface area (Å²) in [6.07, 6.45) is 1.07. The van der Waals surface area contributed by atoms with Gasteiger partial charge in [-0.1, -0.05) is 6.92 Å². The van der Waals surface area contributed by atoms with Crippen LogP contribution in [0.2, 0.25) is 0 Å². The van der Waals surface area contributed by atoms with Crippen LogP contribution in [0.25, 0.3) is 0 Å². The second-order valence-electron chi connectivity index (χ2n) is 5.14. The number of carboxylic acids is 1. The van der Waals surface area contributed by atoms with Crippen LogP contribution < -0.4 is 5.32 Å².